The van der Waals surface area contributed by atoms with Crippen molar-refractivity contribution in [2.45, 2.75) is 30.8 Å². The Balaban J connectivity index is 1.69. The SMILES string of the molecule is CN(C)S(=O)(=O)c1ccc(Oc2cc(C(=O)Nc3cnn(C)n3)cc3c2CC(C)(C)O3)cc1F. The fraction of sp³-hybridized carbons (Fsp3) is 0.318. The van der Waals surface area contributed by atoms with Crippen LogP contribution < -0.4 is 14.8 Å². The number of ether oxygens (including phenoxy) is 2. The van der Waals surface area contributed by atoms with Crippen molar-refractivity contribution < 1.29 is 27.1 Å². The van der Waals surface area contributed by atoms with Crippen molar-refractivity contribution in [1.82, 2.24) is 19.3 Å². The van der Waals surface area contributed by atoms with Crippen LogP contribution in [0.1, 0.15) is 29.8 Å². The zero-order valence-corrected chi connectivity index (χ0v) is 20.1. The first-order valence-corrected chi connectivity index (χ1v) is 11.7. The number of hydrogen-bond donors (Lipinski definition) is 1. The van der Waals surface area contributed by atoms with Gasteiger partial charge in [0.1, 0.15) is 33.6 Å². The molecule has 0 spiro atoms. The summed E-state index contributed by atoms with van der Waals surface area (Å²) in [4.78, 5) is 13.7. The summed E-state index contributed by atoms with van der Waals surface area (Å²) in [6.45, 7) is 3.80. The van der Waals surface area contributed by atoms with Crippen molar-refractivity contribution in [1.29, 1.82) is 0 Å². The lowest BCUT2D eigenvalue weighted by atomic mass is 9.99. The predicted molar refractivity (Wildman–Crippen MR) is 121 cm³/mol. The van der Waals surface area contributed by atoms with Crippen LogP contribution in [-0.4, -0.2) is 53.3 Å². The van der Waals surface area contributed by atoms with Gasteiger partial charge in [-0.2, -0.15) is 9.90 Å². The van der Waals surface area contributed by atoms with E-state index in [2.05, 4.69) is 15.5 Å². The summed E-state index contributed by atoms with van der Waals surface area (Å²) in [7, 11) is 0.318. The summed E-state index contributed by atoms with van der Waals surface area (Å²) in [5.74, 6) is -0.282. The first-order chi connectivity index (χ1) is 15.9. The van der Waals surface area contributed by atoms with Gasteiger partial charge in [0.05, 0.1) is 6.20 Å². The molecular formula is C22H24FN5O5S. The van der Waals surface area contributed by atoms with Gasteiger partial charge in [0.15, 0.2) is 5.82 Å². The Hall–Kier alpha value is -3.51. The van der Waals surface area contributed by atoms with Gasteiger partial charge >= 0.3 is 0 Å². The van der Waals surface area contributed by atoms with Crippen molar-refractivity contribution in [3.8, 4) is 17.2 Å². The van der Waals surface area contributed by atoms with E-state index in [1.54, 1.807) is 13.1 Å². The second-order valence-electron chi connectivity index (χ2n) is 8.64. The number of fused-ring (bicyclic) bond motifs is 1. The lowest BCUT2D eigenvalue weighted by molar-refractivity contribution is 0.102. The molecule has 180 valence electrons. The van der Waals surface area contributed by atoms with E-state index in [0.717, 1.165) is 16.4 Å². The van der Waals surface area contributed by atoms with E-state index in [4.69, 9.17) is 9.47 Å². The molecule has 0 fully saturated rings. The van der Waals surface area contributed by atoms with Crippen LogP contribution >= 0.6 is 0 Å². The molecule has 1 aromatic heterocycles. The molecule has 0 saturated carbocycles. The third-order valence-electron chi connectivity index (χ3n) is 5.15. The van der Waals surface area contributed by atoms with Gasteiger partial charge in [0.2, 0.25) is 10.0 Å². The number of carbonyl (C=O) groups is 1. The minimum absolute atomic E-state index is 0.0774. The highest BCUT2D eigenvalue weighted by Gasteiger charge is 2.34. The number of carbonyl (C=O) groups excluding carboxylic acids is 1. The molecule has 34 heavy (non-hydrogen) atoms. The zero-order chi connectivity index (χ0) is 24.8. The van der Waals surface area contributed by atoms with Gasteiger partial charge in [-0.15, -0.1) is 5.10 Å². The van der Waals surface area contributed by atoms with Crippen LogP contribution in [0.4, 0.5) is 10.2 Å². The summed E-state index contributed by atoms with van der Waals surface area (Å²) in [6, 6.07) is 6.63. The second kappa shape index (κ2) is 8.37. The average molecular weight is 490 g/mol. The second-order valence-corrected chi connectivity index (χ2v) is 10.8. The van der Waals surface area contributed by atoms with Crippen molar-refractivity contribution in [2.24, 2.45) is 7.05 Å². The van der Waals surface area contributed by atoms with Gasteiger partial charge in [-0.05, 0) is 38.1 Å². The summed E-state index contributed by atoms with van der Waals surface area (Å²) in [6.07, 6.45) is 1.91. The topological polar surface area (TPSA) is 116 Å². The largest absolute Gasteiger partial charge is 0.487 e. The van der Waals surface area contributed by atoms with E-state index in [-0.39, 0.29) is 17.1 Å². The number of benzene rings is 2. The number of sulfonamides is 1. The number of nitrogens with zero attached hydrogens (tertiary/aromatic N) is 4. The summed E-state index contributed by atoms with van der Waals surface area (Å²) < 4.78 is 52.1. The highest BCUT2D eigenvalue weighted by molar-refractivity contribution is 7.89. The van der Waals surface area contributed by atoms with E-state index < -0.39 is 32.2 Å². The van der Waals surface area contributed by atoms with Crippen LogP contribution in [0.3, 0.4) is 0 Å². The number of aromatic nitrogens is 3. The third-order valence-corrected chi connectivity index (χ3v) is 7.00. The fourth-order valence-electron chi connectivity index (χ4n) is 3.54. The van der Waals surface area contributed by atoms with Gasteiger partial charge < -0.3 is 14.8 Å². The highest BCUT2D eigenvalue weighted by Crippen LogP contribution is 2.43. The van der Waals surface area contributed by atoms with E-state index in [9.17, 15) is 17.6 Å². The van der Waals surface area contributed by atoms with Crippen LogP contribution in [0.5, 0.6) is 17.2 Å². The minimum Gasteiger partial charge on any atom is -0.487 e. The Bertz CT molecular complexity index is 1380. The lowest BCUT2D eigenvalue weighted by Gasteiger charge is -2.16. The number of rotatable bonds is 6. The van der Waals surface area contributed by atoms with Crippen molar-refractivity contribution in [3.05, 3.63) is 53.5 Å². The first kappa shape index (κ1) is 23.6. The van der Waals surface area contributed by atoms with Crippen LogP contribution in [0.25, 0.3) is 0 Å². The Labute approximate surface area is 196 Å². The van der Waals surface area contributed by atoms with E-state index in [1.807, 2.05) is 13.8 Å². The maximum Gasteiger partial charge on any atom is 0.257 e. The van der Waals surface area contributed by atoms with Crippen molar-refractivity contribution >= 4 is 21.7 Å². The highest BCUT2D eigenvalue weighted by atomic mass is 32.2. The average Bonchev–Trinajstić information content (AvgIpc) is 3.28. The van der Waals surface area contributed by atoms with Gasteiger partial charge in [-0.25, -0.2) is 17.1 Å². The summed E-state index contributed by atoms with van der Waals surface area (Å²) >= 11 is 0. The molecule has 0 unspecified atom stereocenters. The van der Waals surface area contributed by atoms with Crippen molar-refractivity contribution in [2.75, 3.05) is 19.4 Å². The van der Waals surface area contributed by atoms with Crippen molar-refractivity contribution in [3.63, 3.8) is 0 Å². The smallest absolute Gasteiger partial charge is 0.257 e. The third kappa shape index (κ3) is 4.59. The Kier molecular flexibility index (Phi) is 5.82. The number of aryl methyl sites for hydroxylation is 1. The Morgan fingerprint density at radius 2 is 2.00 bits per heavy atom. The molecule has 1 N–H and O–H groups in total. The van der Waals surface area contributed by atoms with Crippen LogP contribution in [0, 0.1) is 5.82 Å². The maximum absolute atomic E-state index is 14.7. The number of amides is 1. The number of anilines is 1. The zero-order valence-electron chi connectivity index (χ0n) is 19.3. The molecular weight excluding hydrogens is 465 g/mol. The molecule has 0 saturated heterocycles. The molecule has 10 nitrogen and oxygen atoms in total. The number of hydrogen-bond acceptors (Lipinski definition) is 7. The quantitative estimate of drug-likeness (QED) is 0.566. The van der Waals surface area contributed by atoms with Gasteiger partial charge in [0, 0.05) is 44.8 Å². The fourth-order valence-corrected chi connectivity index (χ4v) is 4.47. The molecule has 4 rings (SSSR count). The number of nitrogens with one attached hydrogen (secondary N) is 1. The monoisotopic (exact) mass is 489 g/mol. The van der Waals surface area contributed by atoms with E-state index >= 15 is 0 Å². The molecule has 0 atom stereocenters. The summed E-state index contributed by atoms with van der Waals surface area (Å²) in [5.41, 5.74) is 0.422. The molecule has 1 aliphatic rings. The minimum atomic E-state index is -3.95. The Morgan fingerprint density at radius 3 is 2.62 bits per heavy atom. The van der Waals surface area contributed by atoms with E-state index in [0.29, 0.717) is 23.5 Å². The normalized spacial score (nSPS) is 14.6. The molecule has 0 radical (unpaired) electrons. The van der Waals surface area contributed by atoms with Gasteiger partial charge in [-0.3, -0.25) is 4.79 Å². The van der Waals surface area contributed by atoms with Crippen LogP contribution in [-0.2, 0) is 23.5 Å². The molecule has 3 aromatic rings. The number of halogens is 1. The van der Waals surface area contributed by atoms with Crippen LogP contribution in [0.2, 0.25) is 0 Å². The van der Waals surface area contributed by atoms with Gasteiger partial charge in [-0.1, -0.05) is 0 Å². The van der Waals surface area contributed by atoms with Crippen LogP contribution in [0.15, 0.2) is 41.4 Å². The molecule has 0 bridgehead atoms. The standard InChI is InChI=1S/C22H24FN5O5S/c1-22(2)11-15-17(32-14-6-7-19(16(23)10-14)34(30,31)27(3)4)8-13(9-18(15)33-22)21(29)25-20-12-24-28(5)26-20/h6-10,12H,11H2,1-5H3,(H,25,26,29). The van der Waals surface area contributed by atoms with Gasteiger partial charge in [0.25, 0.3) is 5.91 Å². The molecule has 12 heteroatoms. The molecule has 2 heterocycles. The maximum atomic E-state index is 14.7. The summed E-state index contributed by atoms with van der Waals surface area (Å²) in [5, 5.41) is 10.6. The molecule has 2 aromatic carbocycles. The molecule has 0 aliphatic carbocycles. The predicted octanol–water partition coefficient (Wildman–Crippen LogP) is 2.96. The molecule has 1 aliphatic heterocycles. The lowest BCUT2D eigenvalue weighted by Crippen LogP contribution is -2.24. The molecule has 1 amide bonds. The Morgan fingerprint density at radius 1 is 1.26 bits per heavy atom. The van der Waals surface area contributed by atoms with E-state index in [1.165, 1.54) is 37.2 Å². The first-order valence-electron chi connectivity index (χ1n) is 10.3.